The zero-order chi connectivity index (χ0) is 15.4. The number of hydrogen-bond acceptors (Lipinski definition) is 2. The van der Waals surface area contributed by atoms with E-state index >= 15 is 0 Å². The van der Waals surface area contributed by atoms with Crippen molar-refractivity contribution in [3.05, 3.63) is 0 Å². The third-order valence-electron chi connectivity index (χ3n) is 3.64. The first-order valence-corrected chi connectivity index (χ1v) is 7.61. The van der Waals surface area contributed by atoms with E-state index in [2.05, 4.69) is 37.9 Å². The summed E-state index contributed by atoms with van der Waals surface area (Å²) in [6.07, 6.45) is -1.15. The second kappa shape index (κ2) is 7.12. The largest absolute Gasteiger partial charge is 0.401 e. The van der Waals surface area contributed by atoms with Crippen molar-refractivity contribution in [3.63, 3.8) is 0 Å². The lowest BCUT2D eigenvalue weighted by Gasteiger charge is -2.40. The Morgan fingerprint density at radius 1 is 1.15 bits per heavy atom. The van der Waals surface area contributed by atoms with Gasteiger partial charge in [0, 0.05) is 19.1 Å². The third kappa shape index (κ3) is 7.48. The minimum absolute atomic E-state index is 0.0377. The molecule has 0 amide bonds. The van der Waals surface area contributed by atoms with Gasteiger partial charge in [0.15, 0.2) is 0 Å². The van der Waals surface area contributed by atoms with Crippen molar-refractivity contribution in [1.29, 1.82) is 0 Å². The first-order chi connectivity index (χ1) is 9.09. The van der Waals surface area contributed by atoms with Crippen LogP contribution in [0.5, 0.6) is 0 Å². The topological polar surface area (TPSA) is 15.3 Å². The fraction of sp³-hybridized carbons (Fsp3) is 1.00. The van der Waals surface area contributed by atoms with Gasteiger partial charge in [0.1, 0.15) is 0 Å². The molecule has 0 aromatic heterocycles. The Morgan fingerprint density at radius 2 is 1.80 bits per heavy atom. The van der Waals surface area contributed by atoms with Crippen LogP contribution in [0, 0.1) is 11.3 Å². The summed E-state index contributed by atoms with van der Waals surface area (Å²) in [4.78, 5) is 2.31. The molecule has 0 radical (unpaired) electrons. The van der Waals surface area contributed by atoms with Gasteiger partial charge in [-0.15, -0.1) is 0 Å². The zero-order valence-electron chi connectivity index (χ0n) is 13.2. The van der Waals surface area contributed by atoms with Gasteiger partial charge in [0.25, 0.3) is 0 Å². The molecular weight excluding hydrogens is 265 g/mol. The van der Waals surface area contributed by atoms with E-state index in [1.165, 1.54) is 0 Å². The summed E-state index contributed by atoms with van der Waals surface area (Å²) in [5.41, 5.74) is 0.231. The maximum Gasteiger partial charge on any atom is 0.401 e. The van der Waals surface area contributed by atoms with E-state index in [1.54, 1.807) is 0 Å². The Labute approximate surface area is 121 Å². The zero-order valence-corrected chi connectivity index (χ0v) is 13.2. The van der Waals surface area contributed by atoms with Gasteiger partial charge in [0.05, 0.1) is 6.54 Å². The molecule has 1 rings (SSSR count). The molecule has 0 saturated carbocycles. The average Bonchev–Trinajstić information content (AvgIpc) is 2.23. The molecule has 2 nitrogen and oxygen atoms in total. The minimum atomic E-state index is -4.12. The number of nitrogens with one attached hydrogen (secondary N) is 1. The van der Waals surface area contributed by atoms with Crippen LogP contribution in [-0.2, 0) is 0 Å². The summed E-state index contributed by atoms with van der Waals surface area (Å²) in [6, 6.07) is -0.0377. The van der Waals surface area contributed by atoms with Crippen LogP contribution < -0.4 is 5.32 Å². The number of rotatable bonds is 5. The lowest BCUT2D eigenvalue weighted by molar-refractivity contribution is -0.127. The summed E-state index contributed by atoms with van der Waals surface area (Å²) in [6.45, 7) is 10.6. The van der Waals surface area contributed by atoms with E-state index in [0.29, 0.717) is 5.92 Å². The monoisotopic (exact) mass is 294 g/mol. The van der Waals surface area contributed by atoms with Crippen molar-refractivity contribution in [2.75, 3.05) is 26.2 Å². The molecule has 1 aliphatic heterocycles. The Morgan fingerprint density at radius 3 is 2.30 bits per heavy atom. The van der Waals surface area contributed by atoms with Crippen molar-refractivity contribution in [3.8, 4) is 0 Å². The lowest BCUT2D eigenvalue weighted by Crippen LogP contribution is -2.51. The highest BCUT2D eigenvalue weighted by Crippen LogP contribution is 2.30. The molecule has 2 atom stereocenters. The van der Waals surface area contributed by atoms with E-state index < -0.39 is 12.7 Å². The summed E-state index contributed by atoms with van der Waals surface area (Å²) < 4.78 is 37.0. The third-order valence-corrected chi connectivity index (χ3v) is 3.64. The molecule has 2 unspecified atom stereocenters. The molecule has 0 aliphatic carbocycles. The number of alkyl halides is 3. The fourth-order valence-electron chi connectivity index (χ4n) is 3.22. The van der Waals surface area contributed by atoms with Crippen LogP contribution in [0.2, 0.25) is 0 Å². The summed E-state index contributed by atoms with van der Waals surface area (Å²) in [5, 5.41) is 2.70. The first-order valence-electron chi connectivity index (χ1n) is 7.61. The second-order valence-corrected chi connectivity index (χ2v) is 7.32. The molecule has 1 saturated heterocycles. The standard InChI is InChI=1S/C15H29F3N2/c1-5-6-20-9-12(8-14(2,3)4)7-13(10-20)19-11-15(16,17)18/h12-13,19H,5-11H2,1-4H3. The number of nitrogens with zero attached hydrogens (tertiary/aromatic N) is 1. The highest BCUT2D eigenvalue weighted by molar-refractivity contribution is 4.86. The maximum atomic E-state index is 12.3. The normalized spacial score (nSPS) is 25.9. The van der Waals surface area contributed by atoms with Gasteiger partial charge in [0.2, 0.25) is 0 Å². The number of likely N-dealkylation sites (tertiary alicyclic amines) is 1. The highest BCUT2D eigenvalue weighted by Gasteiger charge is 2.33. The molecule has 0 aromatic carbocycles. The van der Waals surface area contributed by atoms with Gasteiger partial charge in [-0.3, -0.25) is 0 Å². The lowest BCUT2D eigenvalue weighted by atomic mass is 9.80. The van der Waals surface area contributed by atoms with Crippen LogP contribution in [-0.4, -0.2) is 43.3 Å². The van der Waals surface area contributed by atoms with Gasteiger partial charge < -0.3 is 10.2 Å². The van der Waals surface area contributed by atoms with Crippen LogP contribution in [0.3, 0.4) is 0 Å². The summed E-state index contributed by atoms with van der Waals surface area (Å²) in [7, 11) is 0. The van der Waals surface area contributed by atoms with Gasteiger partial charge in [-0.25, -0.2) is 0 Å². The first kappa shape index (κ1) is 17.8. The molecule has 0 spiro atoms. The van der Waals surface area contributed by atoms with Crippen molar-refractivity contribution >= 4 is 0 Å². The molecular formula is C15H29F3N2. The van der Waals surface area contributed by atoms with Crippen molar-refractivity contribution in [2.24, 2.45) is 11.3 Å². The smallest absolute Gasteiger partial charge is 0.305 e. The average molecular weight is 294 g/mol. The second-order valence-electron chi connectivity index (χ2n) is 7.32. The van der Waals surface area contributed by atoms with E-state index in [-0.39, 0.29) is 11.5 Å². The molecule has 0 aromatic rings. The van der Waals surface area contributed by atoms with Crippen LogP contribution in [0.25, 0.3) is 0 Å². The molecule has 20 heavy (non-hydrogen) atoms. The number of halogens is 3. The Hall–Kier alpha value is -0.290. The molecule has 120 valence electrons. The van der Waals surface area contributed by atoms with Gasteiger partial charge in [-0.2, -0.15) is 13.2 Å². The molecule has 1 heterocycles. The molecule has 0 bridgehead atoms. The van der Waals surface area contributed by atoms with E-state index in [9.17, 15) is 13.2 Å². The van der Waals surface area contributed by atoms with Crippen LogP contribution in [0.4, 0.5) is 13.2 Å². The molecule has 1 aliphatic rings. The predicted molar refractivity (Wildman–Crippen MR) is 76.8 cm³/mol. The SMILES string of the molecule is CCCN1CC(CC(C)(C)C)CC(NCC(F)(F)F)C1. The maximum absolute atomic E-state index is 12.3. The number of piperidine rings is 1. The Bertz CT molecular complexity index is 284. The van der Waals surface area contributed by atoms with Crippen molar-refractivity contribution in [1.82, 2.24) is 10.2 Å². The molecule has 5 heteroatoms. The van der Waals surface area contributed by atoms with Crippen molar-refractivity contribution < 1.29 is 13.2 Å². The van der Waals surface area contributed by atoms with E-state index in [4.69, 9.17) is 0 Å². The van der Waals surface area contributed by atoms with Crippen molar-refractivity contribution in [2.45, 2.75) is 59.2 Å². The van der Waals surface area contributed by atoms with Crippen LogP contribution in [0.15, 0.2) is 0 Å². The Kier molecular flexibility index (Phi) is 6.32. The Balaban J connectivity index is 2.56. The van der Waals surface area contributed by atoms with E-state index in [0.717, 1.165) is 38.9 Å². The molecule has 1 N–H and O–H groups in total. The summed E-state index contributed by atoms with van der Waals surface area (Å²) in [5.74, 6) is 0.487. The fourth-order valence-corrected chi connectivity index (χ4v) is 3.22. The quantitative estimate of drug-likeness (QED) is 0.832. The van der Waals surface area contributed by atoms with Gasteiger partial charge in [-0.1, -0.05) is 27.7 Å². The molecule has 1 fully saturated rings. The minimum Gasteiger partial charge on any atom is -0.305 e. The van der Waals surface area contributed by atoms with Crippen LogP contribution in [0.1, 0.15) is 47.0 Å². The van der Waals surface area contributed by atoms with Crippen LogP contribution >= 0.6 is 0 Å². The van der Waals surface area contributed by atoms with Gasteiger partial charge in [-0.05, 0) is 37.1 Å². The van der Waals surface area contributed by atoms with E-state index in [1.807, 2.05) is 0 Å². The predicted octanol–water partition coefficient (Wildman–Crippen LogP) is 3.68. The highest BCUT2D eigenvalue weighted by atomic mass is 19.4. The summed E-state index contributed by atoms with van der Waals surface area (Å²) >= 11 is 0. The number of hydrogen-bond donors (Lipinski definition) is 1. The van der Waals surface area contributed by atoms with Gasteiger partial charge >= 0.3 is 6.18 Å².